The Bertz CT molecular complexity index is 555. The molecule has 80 valence electrons. The van der Waals surface area contributed by atoms with Gasteiger partial charge in [-0.2, -0.15) is 0 Å². The second-order valence-corrected chi connectivity index (χ2v) is 4.11. The zero-order valence-corrected chi connectivity index (χ0v) is 9.14. The second kappa shape index (κ2) is 3.59. The number of nitrogens with zero attached hydrogens (tertiary/aromatic N) is 2. The topological polar surface area (TPSA) is 37.3 Å². The van der Waals surface area contributed by atoms with E-state index in [1.807, 2.05) is 24.4 Å². The van der Waals surface area contributed by atoms with Gasteiger partial charge in [-0.3, -0.25) is 9.98 Å². The van der Waals surface area contributed by atoms with Gasteiger partial charge < -0.3 is 5.32 Å². The molecule has 1 atom stereocenters. The monoisotopic (exact) mass is 211 g/mol. The van der Waals surface area contributed by atoms with Gasteiger partial charge in [0.1, 0.15) is 5.84 Å². The maximum absolute atomic E-state index is 4.51. The highest BCUT2D eigenvalue weighted by atomic mass is 15.1. The predicted molar refractivity (Wildman–Crippen MR) is 65.7 cm³/mol. The summed E-state index contributed by atoms with van der Waals surface area (Å²) >= 11 is 0. The van der Waals surface area contributed by atoms with E-state index in [9.17, 15) is 0 Å². The number of aliphatic imine (C=N–C) groups is 1. The van der Waals surface area contributed by atoms with Crippen LogP contribution in [0.25, 0.3) is 10.9 Å². The summed E-state index contributed by atoms with van der Waals surface area (Å²) in [5, 5.41) is 4.54. The third-order valence-electron chi connectivity index (χ3n) is 2.81. The summed E-state index contributed by atoms with van der Waals surface area (Å²) in [7, 11) is 0. The molecule has 1 N–H and O–H groups in total. The Labute approximate surface area is 94.2 Å². The lowest BCUT2D eigenvalue weighted by Gasteiger charge is -2.08. The fourth-order valence-electron chi connectivity index (χ4n) is 2.03. The Morgan fingerprint density at radius 1 is 1.25 bits per heavy atom. The molecule has 0 bridgehead atoms. The Balaban J connectivity index is 2.17. The third-order valence-corrected chi connectivity index (χ3v) is 2.81. The van der Waals surface area contributed by atoms with Gasteiger partial charge in [-0.15, -0.1) is 0 Å². The van der Waals surface area contributed by atoms with Gasteiger partial charge >= 0.3 is 0 Å². The summed E-state index contributed by atoms with van der Waals surface area (Å²) in [5.41, 5.74) is 2.17. The predicted octanol–water partition coefficient (Wildman–Crippen LogP) is 1.97. The molecule has 3 heteroatoms. The van der Waals surface area contributed by atoms with Crippen molar-refractivity contribution in [3.63, 3.8) is 0 Å². The first kappa shape index (κ1) is 9.33. The number of hydrogen-bond donors (Lipinski definition) is 1. The van der Waals surface area contributed by atoms with Gasteiger partial charge in [0.2, 0.25) is 0 Å². The molecular weight excluding hydrogens is 198 g/mol. The van der Waals surface area contributed by atoms with Crippen molar-refractivity contribution < 1.29 is 0 Å². The van der Waals surface area contributed by atoms with E-state index in [1.165, 1.54) is 0 Å². The van der Waals surface area contributed by atoms with E-state index in [0.29, 0.717) is 6.04 Å². The lowest BCUT2D eigenvalue weighted by Crippen LogP contribution is -2.27. The normalized spacial score (nSPS) is 19.6. The first-order chi connectivity index (χ1) is 7.84. The largest absolute Gasteiger partial charge is 0.366 e. The van der Waals surface area contributed by atoms with E-state index >= 15 is 0 Å². The molecule has 1 unspecified atom stereocenters. The first-order valence-electron chi connectivity index (χ1n) is 5.50. The molecule has 0 aliphatic carbocycles. The van der Waals surface area contributed by atoms with Gasteiger partial charge in [0.15, 0.2) is 0 Å². The minimum Gasteiger partial charge on any atom is -0.366 e. The van der Waals surface area contributed by atoms with Gasteiger partial charge in [-0.25, -0.2) is 0 Å². The minimum atomic E-state index is 0.432. The van der Waals surface area contributed by atoms with Crippen molar-refractivity contribution in [3.05, 3.63) is 42.1 Å². The molecular formula is C13H13N3. The molecule has 0 saturated heterocycles. The van der Waals surface area contributed by atoms with Crippen LogP contribution >= 0.6 is 0 Å². The van der Waals surface area contributed by atoms with E-state index in [0.717, 1.165) is 28.8 Å². The molecule has 1 aliphatic heterocycles. The zero-order chi connectivity index (χ0) is 11.0. The molecule has 1 aliphatic rings. The highest BCUT2D eigenvalue weighted by molar-refractivity contribution is 6.09. The second-order valence-electron chi connectivity index (χ2n) is 4.11. The average molecular weight is 211 g/mol. The number of aromatic nitrogens is 1. The van der Waals surface area contributed by atoms with Gasteiger partial charge in [-0.05, 0) is 19.1 Å². The Kier molecular flexibility index (Phi) is 2.10. The summed E-state index contributed by atoms with van der Waals surface area (Å²) in [5.74, 6) is 0.992. The van der Waals surface area contributed by atoms with Gasteiger partial charge in [-0.1, -0.05) is 18.2 Å². The quantitative estimate of drug-likeness (QED) is 0.783. The van der Waals surface area contributed by atoms with Crippen LogP contribution in [-0.2, 0) is 0 Å². The smallest absolute Gasteiger partial charge is 0.129 e. The number of benzene rings is 1. The van der Waals surface area contributed by atoms with Crippen molar-refractivity contribution in [2.45, 2.75) is 13.0 Å². The zero-order valence-electron chi connectivity index (χ0n) is 9.14. The van der Waals surface area contributed by atoms with Crippen LogP contribution < -0.4 is 5.32 Å². The van der Waals surface area contributed by atoms with Crippen LogP contribution in [0.1, 0.15) is 12.5 Å². The molecule has 1 aromatic carbocycles. The summed E-state index contributed by atoms with van der Waals surface area (Å²) in [6, 6.07) is 10.6. The maximum Gasteiger partial charge on any atom is 0.129 e. The Morgan fingerprint density at radius 2 is 2.19 bits per heavy atom. The van der Waals surface area contributed by atoms with Gasteiger partial charge in [0, 0.05) is 23.2 Å². The van der Waals surface area contributed by atoms with Crippen LogP contribution in [0.3, 0.4) is 0 Å². The van der Waals surface area contributed by atoms with E-state index in [-0.39, 0.29) is 0 Å². The fourth-order valence-corrected chi connectivity index (χ4v) is 2.03. The molecule has 1 aromatic heterocycles. The van der Waals surface area contributed by atoms with Crippen LogP contribution in [0.4, 0.5) is 0 Å². The maximum atomic E-state index is 4.51. The van der Waals surface area contributed by atoms with E-state index in [2.05, 4.69) is 34.3 Å². The van der Waals surface area contributed by atoms with Crippen LogP contribution in [0, 0.1) is 0 Å². The standard InChI is InChI=1S/C13H13N3/c1-9-8-15-13(16-9)11-4-2-6-12-10(11)5-3-7-14-12/h2-7,9H,8H2,1H3,(H,15,16). The minimum absolute atomic E-state index is 0.432. The van der Waals surface area contributed by atoms with Crippen molar-refractivity contribution in [2.24, 2.45) is 4.99 Å². The van der Waals surface area contributed by atoms with Crippen molar-refractivity contribution in [3.8, 4) is 0 Å². The Morgan fingerprint density at radius 3 is 3.00 bits per heavy atom. The lowest BCUT2D eigenvalue weighted by molar-refractivity contribution is 0.726. The molecule has 3 rings (SSSR count). The van der Waals surface area contributed by atoms with Crippen molar-refractivity contribution in [1.29, 1.82) is 0 Å². The van der Waals surface area contributed by atoms with Gasteiger partial charge in [0.05, 0.1) is 12.1 Å². The molecule has 3 nitrogen and oxygen atoms in total. The first-order valence-corrected chi connectivity index (χ1v) is 5.50. The van der Waals surface area contributed by atoms with Crippen molar-refractivity contribution in [2.75, 3.05) is 6.54 Å². The molecule has 0 fully saturated rings. The van der Waals surface area contributed by atoms with Crippen LogP contribution in [0.5, 0.6) is 0 Å². The van der Waals surface area contributed by atoms with E-state index in [1.54, 1.807) is 0 Å². The number of hydrogen-bond acceptors (Lipinski definition) is 3. The SMILES string of the molecule is CC1CN=C(c2cccc3ncccc23)N1. The number of pyridine rings is 1. The molecule has 2 aromatic rings. The molecule has 0 saturated carbocycles. The average Bonchev–Trinajstić information content (AvgIpc) is 2.75. The molecule has 2 heterocycles. The van der Waals surface area contributed by atoms with Crippen LogP contribution in [-0.4, -0.2) is 23.4 Å². The van der Waals surface area contributed by atoms with Crippen molar-refractivity contribution in [1.82, 2.24) is 10.3 Å². The molecule has 16 heavy (non-hydrogen) atoms. The highest BCUT2D eigenvalue weighted by Gasteiger charge is 2.15. The van der Waals surface area contributed by atoms with E-state index in [4.69, 9.17) is 0 Å². The molecule has 0 radical (unpaired) electrons. The molecule has 0 spiro atoms. The van der Waals surface area contributed by atoms with E-state index < -0.39 is 0 Å². The van der Waals surface area contributed by atoms with Gasteiger partial charge in [0.25, 0.3) is 0 Å². The fraction of sp³-hybridized carbons (Fsp3) is 0.231. The summed E-state index contributed by atoms with van der Waals surface area (Å²) in [4.78, 5) is 8.86. The third kappa shape index (κ3) is 1.45. The van der Waals surface area contributed by atoms with Crippen LogP contribution in [0.2, 0.25) is 0 Å². The number of nitrogens with one attached hydrogen (secondary N) is 1. The Hall–Kier alpha value is -1.90. The number of amidine groups is 1. The summed E-state index contributed by atoms with van der Waals surface area (Å²) in [6.45, 7) is 2.99. The summed E-state index contributed by atoms with van der Waals surface area (Å²) < 4.78 is 0. The lowest BCUT2D eigenvalue weighted by atomic mass is 10.1. The molecule has 0 amide bonds. The summed E-state index contributed by atoms with van der Waals surface area (Å²) in [6.07, 6.45) is 1.82. The number of rotatable bonds is 1. The van der Waals surface area contributed by atoms with Crippen LogP contribution in [0.15, 0.2) is 41.5 Å². The number of fused-ring (bicyclic) bond motifs is 1. The highest BCUT2D eigenvalue weighted by Crippen LogP contribution is 2.18. The van der Waals surface area contributed by atoms with Crippen molar-refractivity contribution >= 4 is 16.7 Å².